The lowest BCUT2D eigenvalue weighted by atomic mass is 9.97. The quantitative estimate of drug-likeness (QED) is 0.701. The Morgan fingerprint density at radius 3 is 2.59 bits per heavy atom. The molecule has 1 N–H and O–H groups in total. The van der Waals surface area contributed by atoms with E-state index in [9.17, 15) is 13.2 Å². The van der Waals surface area contributed by atoms with Gasteiger partial charge in [0, 0.05) is 25.1 Å². The van der Waals surface area contributed by atoms with Crippen LogP contribution in [0.1, 0.15) is 24.6 Å². The molecule has 2 heterocycles. The van der Waals surface area contributed by atoms with E-state index in [2.05, 4.69) is 15.5 Å². The van der Waals surface area contributed by atoms with Gasteiger partial charge in [-0.15, -0.1) is 0 Å². The Hall–Kier alpha value is -2.66. The zero-order valence-corrected chi connectivity index (χ0v) is 17.4. The lowest BCUT2D eigenvalue weighted by Gasteiger charge is -2.30. The fourth-order valence-corrected chi connectivity index (χ4v) is 4.84. The highest BCUT2D eigenvalue weighted by Crippen LogP contribution is 2.32. The molecule has 0 atom stereocenters. The molecule has 158 valence electrons. The van der Waals surface area contributed by atoms with Crippen LogP contribution in [0.3, 0.4) is 0 Å². The number of hydrogen-bond acceptors (Lipinski definition) is 8. The Balaban J connectivity index is 1.63. The van der Waals surface area contributed by atoms with E-state index >= 15 is 0 Å². The van der Waals surface area contributed by atoms with Crippen LogP contribution in [0.2, 0.25) is 0 Å². The monoisotopic (exact) mass is 424 g/mol. The Morgan fingerprint density at radius 2 is 2.00 bits per heavy atom. The van der Waals surface area contributed by atoms with Crippen LogP contribution in [-0.4, -0.2) is 56.1 Å². The van der Waals surface area contributed by atoms with Crippen LogP contribution in [0, 0.1) is 12.8 Å². The number of nitrogens with one attached hydrogen (secondary N) is 1. The van der Waals surface area contributed by atoms with E-state index < -0.39 is 10.0 Å². The molecular formula is C18H24N4O6S. The van der Waals surface area contributed by atoms with Crippen LogP contribution >= 0.6 is 0 Å². The molecule has 0 aliphatic carbocycles. The third-order valence-corrected chi connectivity index (χ3v) is 6.72. The second-order valence-corrected chi connectivity index (χ2v) is 8.55. The van der Waals surface area contributed by atoms with E-state index in [1.807, 2.05) is 0 Å². The van der Waals surface area contributed by atoms with Crippen LogP contribution in [-0.2, 0) is 21.4 Å². The van der Waals surface area contributed by atoms with Crippen molar-refractivity contribution in [3.05, 3.63) is 29.9 Å². The molecule has 0 unspecified atom stereocenters. The van der Waals surface area contributed by atoms with E-state index in [1.165, 1.54) is 24.6 Å². The molecule has 0 radical (unpaired) electrons. The second-order valence-electron chi connectivity index (χ2n) is 6.65. The molecule has 29 heavy (non-hydrogen) atoms. The number of aryl methyl sites for hydroxylation is 1. The summed E-state index contributed by atoms with van der Waals surface area (Å²) in [6.07, 6.45) is 0.834. The summed E-state index contributed by atoms with van der Waals surface area (Å²) in [7, 11) is -0.887. The maximum Gasteiger partial charge on any atom is 0.246 e. The second kappa shape index (κ2) is 8.78. The van der Waals surface area contributed by atoms with Crippen LogP contribution in [0.15, 0.2) is 27.6 Å². The third-order valence-electron chi connectivity index (χ3n) is 4.80. The van der Waals surface area contributed by atoms with Crippen molar-refractivity contribution in [2.24, 2.45) is 5.92 Å². The minimum atomic E-state index is -3.78. The van der Waals surface area contributed by atoms with Gasteiger partial charge < -0.3 is 19.3 Å². The molecule has 11 heteroatoms. The van der Waals surface area contributed by atoms with Crippen LogP contribution < -0.4 is 14.8 Å². The number of sulfonamides is 1. The van der Waals surface area contributed by atoms with Gasteiger partial charge in [-0.1, -0.05) is 5.16 Å². The first kappa shape index (κ1) is 21.1. The number of carbonyl (C=O) groups is 1. The molecule has 0 bridgehead atoms. The molecule has 1 aliphatic heterocycles. The molecule has 1 aromatic carbocycles. The van der Waals surface area contributed by atoms with Gasteiger partial charge in [-0.2, -0.15) is 9.29 Å². The summed E-state index contributed by atoms with van der Waals surface area (Å²) >= 11 is 0. The maximum absolute atomic E-state index is 13.1. The average molecular weight is 424 g/mol. The van der Waals surface area contributed by atoms with E-state index in [-0.39, 0.29) is 42.1 Å². The van der Waals surface area contributed by atoms with Crippen molar-refractivity contribution < 1.29 is 27.2 Å². The van der Waals surface area contributed by atoms with Crippen molar-refractivity contribution in [2.75, 3.05) is 27.3 Å². The maximum atomic E-state index is 13.1. The van der Waals surface area contributed by atoms with Crippen molar-refractivity contribution in [3.63, 3.8) is 0 Å². The Bertz CT molecular complexity index is 966. The Labute approximate surface area is 169 Å². The van der Waals surface area contributed by atoms with E-state index in [0.717, 1.165) is 0 Å². The van der Waals surface area contributed by atoms with Gasteiger partial charge in [0.15, 0.2) is 5.82 Å². The van der Waals surface area contributed by atoms with Gasteiger partial charge in [0.2, 0.25) is 21.8 Å². The normalized spacial score (nSPS) is 15.8. The summed E-state index contributed by atoms with van der Waals surface area (Å²) in [5.41, 5.74) is 0. The van der Waals surface area contributed by atoms with E-state index in [4.69, 9.17) is 14.0 Å². The smallest absolute Gasteiger partial charge is 0.246 e. The fraction of sp³-hybridized carbons (Fsp3) is 0.500. The van der Waals surface area contributed by atoms with Gasteiger partial charge in [0.25, 0.3) is 0 Å². The van der Waals surface area contributed by atoms with Crippen LogP contribution in [0.5, 0.6) is 11.5 Å². The molecule has 1 amide bonds. The first-order chi connectivity index (χ1) is 13.8. The molecule has 3 rings (SSSR count). The summed E-state index contributed by atoms with van der Waals surface area (Å²) < 4.78 is 42.9. The number of nitrogens with zero attached hydrogens (tertiary/aromatic N) is 3. The van der Waals surface area contributed by atoms with Crippen molar-refractivity contribution in [3.8, 4) is 11.5 Å². The van der Waals surface area contributed by atoms with Gasteiger partial charge in [-0.05, 0) is 31.9 Å². The number of rotatable bonds is 7. The first-order valence-corrected chi connectivity index (χ1v) is 10.6. The minimum Gasteiger partial charge on any atom is -0.497 e. The first-order valence-electron chi connectivity index (χ1n) is 9.14. The summed E-state index contributed by atoms with van der Waals surface area (Å²) in [6.45, 7) is 2.32. The molecule has 0 spiro atoms. The summed E-state index contributed by atoms with van der Waals surface area (Å²) in [4.78, 5) is 16.5. The zero-order chi connectivity index (χ0) is 21.0. The van der Waals surface area contributed by atoms with Crippen molar-refractivity contribution in [1.82, 2.24) is 19.8 Å². The van der Waals surface area contributed by atoms with Gasteiger partial charge in [-0.25, -0.2) is 8.42 Å². The number of piperidine rings is 1. The SMILES string of the molecule is COc1ccc(OC)c(S(=O)(=O)N2CCC(C(=O)NCc3nc(C)no3)CC2)c1. The number of amides is 1. The summed E-state index contributed by atoms with van der Waals surface area (Å²) in [5.74, 6) is 1.08. The van der Waals surface area contributed by atoms with Crippen molar-refractivity contribution >= 4 is 15.9 Å². The molecule has 1 aromatic heterocycles. The highest BCUT2D eigenvalue weighted by atomic mass is 32.2. The molecule has 0 saturated carbocycles. The molecule has 1 saturated heterocycles. The molecule has 10 nitrogen and oxygen atoms in total. The number of aromatic nitrogens is 2. The number of benzene rings is 1. The molecule has 2 aromatic rings. The summed E-state index contributed by atoms with van der Waals surface area (Å²) in [5, 5.41) is 6.43. The zero-order valence-electron chi connectivity index (χ0n) is 16.5. The lowest BCUT2D eigenvalue weighted by molar-refractivity contribution is -0.126. The van der Waals surface area contributed by atoms with Crippen molar-refractivity contribution in [1.29, 1.82) is 0 Å². The largest absolute Gasteiger partial charge is 0.497 e. The number of hydrogen-bond donors (Lipinski definition) is 1. The Kier molecular flexibility index (Phi) is 6.38. The standard InChI is InChI=1S/C18H24N4O6S/c1-12-20-17(28-21-12)11-19-18(23)13-6-8-22(9-7-13)29(24,25)16-10-14(26-2)4-5-15(16)27-3/h4-5,10,13H,6-9,11H2,1-3H3,(H,19,23). The molecule has 1 aliphatic rings. The van der Waals surface area contributed by atoms with Gasteiger partial charge in [0.05, 0.1) is 20.8 Å². The molecule has 1 fully saturated rings. The number of ether oxygens (including phenoxy) is 2. The lowest BCUT2D eigenvalue weighted by Crippen LogP contribution is -2.43. The summed E-state index contributed by atoms with van der Waals surface area (Å²) in [6, 6.07) is 4.64. The predicted molar refractivity (Wildman–Crippen MR) is 102 cm³/mol. The Morgan fingerprint density at radius 1 is 1.28 bits per heavy atom. The average Bonchev–Trinajstić information content (AvgIpc) is 3.16. The van der Waals surface area contributed by atoms with E-state index in [0.29, 0.717) is 30.3 Å². The van der Waals surface area contributed by atoms with Crippen molar-refractivity contribution in [2.45, 2.75) is 31.2 Å². The minimum absolute atomic E-state index is 0.0500. The van der Waals surface area contributed by atoms with Gasteiger partial charge in [0.1, 0.15) is 16.4 Å². The topological polar surface area (TPSA) is 124 Å². The number of carbonyl (C=O) groups excluding carboxylic acids is 1. The highest BCUT2D eigenvalue weighted by molar-refractivity contribution is 7.89. The van der Waals surface area contributed by atoms with Gasteiger partial charge in [-0.3, -0.25) is 4.79 Å². The predicted octanol–water partition coefficient (Wildman–Crippen LogP) is 1.11. The third kappa shape index (κ3) is 4.67. The van der Waals surface area contributed by atoms with E-state index in [1.54, 1.807) is 19.1 Å². The highest BCUT2D eigenvalue weighted by Gasteiger charge is 2.34. The van der Waals surface area contributed by atoms with Crippen LogP contribution in [0.25, 0.3) is 0 Å². The molecular weight excluding hydrogens is 400 g/mol. The number of methoxy groups -OCH3 is 2. The fourth-order valence-electron chi connectivity index (χ4n) is 3.20. The van der Waals surface area contributed by atoms with Gasteiger partial charge >= 0.3 is 0 Å². The van der Waals surface area contributed by atoms with Crippen LogP contribution in [0.4, 0.5) is 0 Å².